The lowest BCUT2D eigenvalue weighted by molar-refractivity contribution is 0.425. The van der Waals surface area contributed by atoms with Crippen LogP contribution in [0, 0.1) is 6.92 Å². The summed E-state index contributed by atoms with van der Waals surface area (Å²) in [7, 11) is -1.35. The number of aromatic amines is 1. The quantitative estimate of drug-likeness (QED) is 0.421. The van der Waals surface area contributed by atoms with Crippen LogP contribution in [0.3, 0.4) is 0 Å². The summed E-state index contributed by atoms with van der Waals surface area (Å²) in [4.78, 5) is 2.83. The molecule has 1 heterocycles. The van der Waals surface area contributed by atoms with Crippen molar-refractivity contribution in [3.63, 3.8) is 0 Å². The van der Waals surface area contributed by atoms with Gasteiger partial charge >= 0.3 is 7.12 Å². The summed E-state index contributed by atoms with van der Waals surface area (Å²) in [5.41, 5.74) is 1.33. The van der Waals surface area contributed by atoms with Crippen LogP contribution >= 0.6 is 0 Å². The van der Waals surface area contributed by atoms with Crippen LogP contribution in [0.15, 0.2) is 12.3 Å². The fourth-order valence-corrected chi connectivity index (χ4v) is 0.744. The van der Waals surface area contributed by atoms with Crippen molar-refractivity contribution in [3.8, 4) is 0 Å². The van der Waals surface area contributed by atoms with Crippen molar-refractivity contribution in [2.45, 2.75) is 6.92 Å². The second-order valence-corrected chi connectivity index (χ2v) is 1.93. The summed E-state index contributed by atoms with van der Waals surface area (Å²) in [6.45, 7) is 1.79. The first kappa shape index (κ1) is 6.39. The first-order chi connectivity index (χ1) is 4.22. The molecule has 1 aromatic rings. The standard InChI is InChI=1S/C5H8BNO2/c1-4-5(6(8)9)2-3-7-4/h2-3,7-9H,1H3. The molecule has 48 valence electrons. The van der Waals surface area contributed by atoms with E-state index in [1.54, 1.807) is 19.2 Å². The Morgan fingerprint density at radius 1 is 1.56 bits per heavy atom. The maximum absolute atomic E-state index is 8.63. The van der Waals surface area contributed by atoms with E-state index in [0.717, 1.165) is 5.69 Å². The monoisotopic (exact) mass is 125 g/mol. The van der Waals surface area contributed by atoms with Gasteiger partial charge in [-0.05, 0) is 13.0 Å². The van der Waals surface area contributed by atoms with Crippen LogP contribution in [0.4, 0.5) is 0 Å². The molecule has 0 amide bonds. The smallest absolute Gasteiger partial charge is 0.423 e. The maximum atomic E-state index is 8.63. The molecular weight excluding hydrogens is 117 g/mol. The highest BCUT2D eigenvalue weighted by atomic mass is 16.4. The van der Waals surface area contributed by atoms with E-state index in [-0.39, 0.29) is 0 Å². The molecule has 0 saturated heterocycles. The van der Waals surface area contributed by atoms with Crippen LogP contribution in [-0.4, -0.2) is 22.2 Å². The van der Waals surface area contributed by atoms with E-state index in [1.165, 1.54) is 0 Å². The van der Waals surface area contributed by atoms with E-state index in [0.29, 0.717) is 5.46 Å². The van der Waals surface area contributed by atoms with E-state index in [9.17, 15) is 0 Å². The molecule has 1 rings (SSSR count). The molecule has 0 radical (unpaired) electrons. The summed E-state index contributed by atoms with van der Waals surface area (Å²) >= 11 is 0. The Morgan fingerprint density at radius 2 is 2.22 bits per heavy atom. The van der Waals surface area contributed by atoms with Gasteiger partial charge in [-0.15, -0.1) is 0 Å². The molecule has 0 aliphatic heterocycles. The zero-order valence-corrected chi connectivity index (χ0v) is 5.13. The van der Waals surface area contributed by atoms with Gasteiger partial charge < -0.3 is 15.0 Å². The normalized spacial score (nSPS) is 9.67. The lowest BCUT2D eigenvalue weighted by Gasteiger charge is -1.93. The average Bonchev–Trinajstić information content (AvgIpc) is 2.13. The van der Waals surface area contributed by atoms with Crippen molar-refractivity contribution in [3.05, 3.63) is 18.0 Å². The molecule has 3 N–H and O–H groups in total. The molecule has 0 aliphatic rings. The summed E-state index contributed by atoms with van der Waals surface area (Å²) in [6.07, 6.45) is 1.67. The predicted octanol–water partition coefficient (Wildman–Crippen LogP) is -0.997. The van der Waals surface area contributed by atoms with Crippen LogP contribution in [-0.2, 0) is 0 Å². The Hall–Kier alpha value is -0.735. The molecule has 0 unspecified atom stereocenters. The highest BCUT2D eigenvalue weighted by molar-refractivity contribution is 6.59. The van der Waals surface area contributed by atoms with E-state index in [2.05, 4.69) is 4.98 Å². The van der Waals surface area contributed by atoms with E-state index in [1.807, 2.05) is 0 Å². The van der Waals surface area contributed by atoms with Gasteiger partial charge in [-0.25, -0.2) is 0 Å². The molecule has 4 heteroatoms. The summed E-state index contributed by atoms with van der Waals surface area (Å²) < 4.78 is 0. The fourth-order valence-electron chi connectivity index (χ4n) is 0.744. The van der Waals surface area contributed by atoms with Crippen LogP contribution < -0.4 is 5.46 Å². The molecule has 0 aromatic carbocycles. The third kappa shape index (κ3) is 1.14. The minimum Gasteiger partial charge on any atom is -0.423 e. The summed E-state index contributed by atoms with van der Waals surface area (Å²) in [5, 5.41) is 17.3. The SMILES string of the molecule is Cc1[nH]ccc1B(O)O. The second kappa shape index (κ2) is 2.25. The molecule has 0 atom stereocenters. The van der Waals surface area contributed by atoms with Gasteiger partial charge in [-0.1, -0.05) is 0 Å². The first-order valence-corrected chi connectivity index (χ1v) is 2.72. The minimum atomic E-state index is -1.35. The highest BCUT2D eigenvalue weighted by Crippen LogP contribution is 1.87. The Balaban J connectivity index is 2.94. The predicted molar refractivity (Wildman–Crippen MR) is 35.4 cm³/mol. The van der Waals surface area contributed by atoms with Gasteiger partial charge in [0, 0.05) is 17.4 Å². The number of rotatable bonds is 1. The van der Waals surface area contributed by atoms with Crippen molar-refractivity contribution in [1.82, 2.24) is 4.98 Å². The van der Waals surface area contributed by atoms with Gasteiger partial charge in [0.15, 0.2) is 0 Å². The molecule has 9 heavy (non-hydrogen) atoms. The Bertz CT molecular complexity index is 197. The van der Waals surface area contributed by atoms with Crippen LogP contribution in [0.2, 0.25) is 0 Å². The maximum Gasteiger partial charge on any atom is 0.490 e. The molecule has 0 aliphatic carbocycles. The van der Waals surface area contributed by atoms with Gasteiger partial charge in [0.05, 0.1) is 0 Å². The molecule has 0 fully saturated rings. The van der Waals surface area contributed by atoms with Crippen LogP contribution in [0.1, 0.15) is 5.69 Å². The van der Waals surface area contributed by atoms with Gasteiger partial charge in [0.25, 0.3) is 0 Å². The summed E-state index contributed by atoms with van der Waals surface area (Å²) in [5.74, 6) is 0. The van der Waals surface area contributed by atoms with Crippen molar-refractivity contribution in [1.29, 1.82) is 0 Å². The van der Waals surface area contributed by atoms with Crippen molar-refractivity contribution in [2.24, 2.45) is 0 Å². The third-order valence-corrected chi connectivity index (χ3v) is 1.27. The Morgan fingerprint density at radius 3 is 2.44 bits per heavy atom. The number of nitrogens with one attached hydrogen (secondary N) is 1. The van der Waals surface area contributed by atoms with Gasteiger partial charge in [-0.2, -0.15) is 0 Å². The molecule has 1 aromatic heterocycles. The Kier molecular flexibility index (Phi) is 1.59. The molecule has 0 spiro atoms. The van der Waals surface area contributed by atoms with Gasteiger partial charge in [0.1, 0.15) is 0 Å². The molecular formula is C5H8BNO2. The zero-order chi connectivity index (χ0) is 6.85. The first-order valence-electron chi connectivity index (χ1n) is 2.72. The largest absolute Gasteiger partial charge is 0.490 e. The van der Waals surface area contributed by atoms with Crippen molar-refractivity contribution >= 4 is 12.6 Å². The third-order valence-electron chi connectivity index (χ3n) is 1.27. The lowest BCUT2D eigenvalue weighted by Crippen LogP contribution is -2.30. The number of aromatic nitrogens is 1. The Labute approximate surface area is 53.5 Å². The van der Waals surface area contributed by atoms with E-state index < -0.39 is 7.12 Å². The zero-order valence-electron chi connectivity index (χ0n) is 5.13. The van der Waals surface area contributed by atoms with Crippen molar-refractivity contribution < 1.29 is 10.0 Å². The summed E-state index contributed by atoms with van der Waals surface area (Å²) in [6, 6.07) is 1.64. The second-order valence-electron chi connectivity index (χ2n) is 1.93. The van der Waals surface area contributed by atoms with Gasteiger partial charge in [0.2, 0.25) is 0 Å². The fraction of sp³-hybridized carbons (Fsp3) is 0.200. The van der Waals surface area contributed by atoms with E-state index >= 15 is 0 Å². The lowest BCUT2D eigenvalue weighted by atomic mass is 9.80. The number of H-pyrrole nitrogens is 1. The minimum absolute atomic E-state index is 0.537. The molecule has 0 saturated carbocycles. The molecule has 0 bridgehead atoms. The van der Waals surface area contributed by atoms with Gasteiger partial charge in [-0.3, -0.25) is 0 Å². The highest BCUT2D eigenvalue weighted by Gasteiger charge is 2.13. The van der Waals surface area contributed by atoms with Crippen LogP contribution in [0.25, 0.3) is 0 Å². The molecule has 3 nitrogen and oxygen atoms in total. The average molecular weight is 125 g/mol. The number of hydrogen-bond acceptors (Lipinski definition) is 2. The topological polar surface area (TPSA) is 56.2 Å². The van der Waals surface area contributed by atoms with Crippen LogP contribution in [0.5, 0.6) is 0 Å². The number of aryl methyl sites for hydroxylation is 1. The van der Waals surface area contributed by atoms with E-state index in [4.69, 9.17) is 10.0 Å². The van der Waals surface area contributed by atoms with Crippen molar-refractivity contribution in [2.75, 3.05) is 0 Å². The number of hydrogen-bond donors (Lipinski definition) is 3.